The van der Waals surface area contributed by atoms with Crippen molar-refractivity contribution >= 4 is 40.0 Å². The molecular formula is C15H13ClN4O. The Morgan fingerprint density at radius 1 is 0.952 bits per heavy atom. The molecule has 4 N–H and O–H groups in total. The van der Waals surface area contributed by atoms with Crippen LogP contribution in [-0.2, 0) is 0 Å². The van der Waals surface area contributed by atoms with Crippen molar-refractivity contribution in [3.63, 3.8) is 0 Å². The molecule has 0 fully saturated rings. The molecule has 0 bridgehead atoms. The second-order valence-corrected chi connectivity index (χ2v) is 4.81. The SMILES string of the molecule is Cl.Nc1ccc2c(ccn2-c2ccc3[nH]c(=O)[nH]c3c2)c1. The maximum Gasteiger partial charge on any atom is 0.323 e. The molecule has 5 nitrogen and oxygen atoms in total. The van der Waals surface area contributed by atoms with Gasteiger partial charge in [0.15, 0.2) is 0 Å². The molecule has 0 aliphatic heterocycles. The van der Waals surface area contributed by atoms with Crippen LogP contribution in [0.4, 0.5) is 5.69 Å². The van der Waals surface area contributed by atoms with Gasteiger partial charge in [0.25, 0.3) is 0 Å². The highest BCUT2D eigenvalue weighted by Gasteiger charge is 2.05. The molecule has 4 rings (SSSR count). The topological polar surface area (TPSA) is 79.6 Å². The number of halogens is 1. The van der Waals surface area contributed by atoms with Crippen molar-refractivity contribution in [2.45, 2.75) is 0 Å². The van der Waals surface area contributed by atoms with Crippen molar-refractivity contribution in [3.8, 4) is 5.69 Å². The summed E-state index contributed by atoms with van der Waals surface area (Å²) < 4.78 is 2.07. The monoisotopic (exact) mass is 300 g/mol. The summed E-state index contributed by atoms with van der Waals surface area (Å²) in [5.41, 5.74) is 10.0. The number of benzene rings is 2. The van der Waals surface area contributed by atoms with Gasteiger partial charge < -0.3 is 20.3 Å². The normalized spacial score (nSPS) is 10.9. The molecule has 0 unspecified atom stereocenters. The number of hydrogen-bond donors (Lipinski definition) is 3. The molecule has 0 amide bonds. The maximum absolute atomic E-state index is 11.3. The molecule has 0 radical (unpaired) electrons. The third-order valence-electron chi connectivity index (χ3n) is 3.49. The number of aromatic amines is 2. The first-order valence-corrected chi connectivity index (χ1v) is 6.30. The molecular weight excluding hydrogens is 288 g/mol. The van der Waals surface area contributed by atoms with Gasteiger partial charge in [0, 0.05) is 23.0 Å². The quantitative estimate of drug-likeness (QED) is 0.473. The summed E-state index contributed by atoms with van der Waals surface area (Å²) in [6, 6.07) is 13.7. The fourth-order valence-corrected chi connectivity index (χ4v) is 2.56. The van der Waals surface area contributed by atoms with E-state index in [-0.39, 0.29) is 18.1 Å². The van der Waals surface area contributed by atoms with Gasteiger partial charge in [0.2, 0.25) is 0 Å². The molecule has 2 aromatic carbocycles. The van der Waals surface area contributed by atoms with Crippen LogP contribution < -0.4 is 11.4 Å². The minimum Gasteiger partial charge on any atom is -0.399 e. The van der Waals surface area contributed by atoms with Crippen molar-refractivity contribution in [1.82, 2.24) is 14.5 Å². The number of nitrogens with two attached hydrogens (primary N) is 1. The van der Waals surface area contributed by atoms with Gasteiger partial charge in [0.1, 0.15) is 0 Å². The highest BCUT2D eigenvalue weighted by atomic mass is 35.5. The van der Waals surface area contributed by atoms with E-state index in [1.807, 2.05) is 48.7 Å². The van der Waals surface area contributed by atoms with Crippen LogP contribution >= 0.6 is 12.4 Å². The Bertz CT molecular complexity index is 996. The molecule has 21 heavy (non-hydrogen) atoms. The van der Waals surface area contributed by atoms with E-state index >= 15 is 0 Å². The fourth-order valence-electron chi connectivity index (χ4n) is 2.56. The molecule has 4 aromatic rings. The van der Waals surface area contributed by atoms with E-state index in [9.17, 15) is 4.79 Å². The second-order valence-electron chi connectivity index (χ2n) is 4.81. The van der Waals surface area contributed by atoms with E-state index in [0.29, 0.717) is 0 Å². The van der Waals surface area contributed by atoms with Crippen LogP contribution in [0.15, 0.2) is 53.5 Å². The van der Waals surface area contributed by atoms with Crippen LogP contribution in [-0.4, -0.2) is 14.5 Å². The molecule has 2 heterocycles. The average molecular weight is 301 g/mol. The van der Waals surface area contributed by atoms with E-state index in [4.69, 9.17) is 5.73 Å². The first-order valence-electron chi connectivity index (χ1n) is 6.30. The fraction of sp³-hybridized carbons (Fsp3) is 0. The Kier molecular flexibility index (Phi) is 2.99. The number of imidazole rings is 1. The van der Waals surface area contributed by atoms with Gasteiger partial charge in [-0.05, 0) is 42.5 Å². The Morgan fingerprint density at radius 3 is 2.62 bits per heavy atom. The van der Waals surface area contributed by atoms with Gasteiger partial charge in [-0.2, -0.15) is 0 Å². The molecule has 0 spiro atoms. The Labute approximate surface area is 125 Å². The summed E-state index contributed by atoms with van der Waals surface area (Å²) in [4.78, 5) is 16.8. The van der Waals surface area contributed by atoms with Gasteiger partial charge in [-0.25, -0.2) is 4.79 Å². The Balaban J connectivity index is 0.00000132. The lowest BCUT2D eigenvalue weighted by Gasteiger charge is -2.05. The summed E-state index contributed by atoms with van der Waals surface area (Å²) in [6.45, 7) is 0. The van der Waals surface area contributed by atoms with Gasteiger partial charge in [0.05, 0.1) is 16.6 Å². The zero-order valence-corrected chi connectivity index (χ0v) is 11.8. The van der Waals surface area contributed by atoms with Crippen LogP contribution in [0.5, 0.6) is 0 Å². The van der Waals surface area contributed by atoms with Crippen LogP contribution in [0.1, 0.15) is 0 Å². The smallest absolute Gasteiger partial charge is 0.323 e. The Hall–Kier alpha value is -2.66. The molecule has 2 aromatic heterocycles. The van der Waals surface area contributed by atoms with Crippen molar-refractivity contribution in [2.24, 2.45) is 0 Å². The lowest BCUT2D eigenvalue weighted by atomic mass is 10.2. The third kappa shape index (κ3) is 2.08. The number of rotatable bonds is 1. The second kappa shape index (κ2) is 4.71. The van der Waals surface area contributed by atoms with E-state index in [2.05, 4.69) is 14.5 Å². The first-order chi connectivity index (χ1) is 9.70. The number of fused-ring (bicyclic) bond motifs is 2. The van der Waals surface area contributed by atoms with Crippen molar-refractivity contribution in [3.05, 3.63) is 59.1 Å². The molecule has 6 heteroatoms. The molecule has 0 saturated carbocycles. The summed E-state index contributed by atoms with van der Waals surface area (Å²) in [6.07, 6.45) is 2.00. The van der Waals surface area contributed by atoms with Crippen LogP contribution in [0.3, 0.4) is 0 Å². The standard InChI is InChI=1S/C15H12N4O.ClH/c16-10-1-4-14-9(7-10)5-6-19(14)11-2-3-12-13(8-11)18-15(20)17-12;/h1-8H,16H2,(H2,17,18,20);1H. The maximum atomic E-state index is 11.3. The lowest BCUT2D eigenvalue weighted by Crippen LogP contribution is -1.99. The van der Waals surface area contributed by atoms with E-state index < -0.39 is 0 Å². The summed E-state index contributed by atoms with van der Waals surface area (Å²) in [7, 11) is 0. The van der Waals surface area contributed by atoms with Crippen molar-refractivity contribution in [1.29, 1.82) is 0 Å². The van der Waals surface area contributed by atoms with E-state index in [1.165, 1.54) is 0 Å². The zero-order chi connectivity index (χ0) is 13.7. The summed E-state index contributed by atoms with van der Waals surface area (Å²) in [5.74, 6) is 0. The number of anilines is 1. The highest BCUT2D eigenvalue weighted by molar-refractivity contribution is 5.86. The lowest BCUT2D eigenvalue weighted by molar-refractivity contribution is 1.13. The van der Waals surface area contributed by atoms with Crippen LogP contribution in [0.25, 0.3) is 27.6 Å². The number of H-pyrrole nitrogens is 2. The molecule has 0 saturated heterocycles. The molecule has 0 atom stereocenters. The van der Waals surface area contributed by atoms with Crippen molar-refractivity contribution < 1.29 is 0 Å². The largest absolute Gasteiger partial charge is 0.399 e. The number of nitrogens with one attached hydrogen (secondary N) is 2. The Morgan fingerprint density at radius 2 is 1.76 bits per heavy atom. The molecule has 0 aliphatic carbocycles. The predicted octanol–water partition coefficient (Wildman–Crippen LogP) is 2.80. The minimum atomic E-state index is -0.192. The van der Waals surface area contributed by atoms with Crippen LogP contribution in [0.2, 0.25) is 0 Å². The van der Waals surface area contributed by atoms with Gasteiger partial charge in [-0.3, -0.25) is 0 Å². The zero-order valence-electron chi connectivity index (χ0n) is 11.0. The van der Waals surface area contributed by atoms with E-state index in [0.717, 1.165) is 33.3 Å². The summed E-state index contributed by atoms with van der Waals surface area (Å²) in [5, 5.41) is 1.09. The number of hydrogen-bond acceptors (Lipinski definition) is 2. The number of aromatic nitrogens is 3. The van der Waals surface area contributed by atoms with Crippen LogP contribution in [0, 0.1) is 0 Å². The first kappa shape index (κ1) is 13.3. The minimum absolute atomic E-state index is 0. The van der Waals surface area contributed by atoms with Crippen molar-refractivity contribution in [2.75, 3.05) is 5.73 Å². The highest BCUT2D eigenvalue weighted by Crippen LogP contribution is 2.23. The van der Waals surface area contributed by atoms with E-state index in [1.54, 1.807) is 0 Å². The summed E-state index contributed by atoms with van der Waals surface area (Å²) >= 11 is 0. The van der Waals surface area contributed by atoms with Gasteiger partial charge in [-0.15, -0.1) is 12.4 Å². The van der Waals surface area contributed by atoms with Gasteiger partial charge in [-0.1, -0.05) is 0 Å². The third-order valence-corrected chi connectivity index (χ3v) is 3.49. The van der Waals surface area contributed by atoms with Gasteiger partial charge >= 0.3 is 5.69 Å². The number of nitrogen functional groups attached to an aromatic ring is 1. The molecule has 0 aliphatic rings. The average Bonchev–Trinajstić information content (AvgIpc) is 2.99. The molecule has 106 valence electrons. The predicted molar refractivity (Wildman–Crippen MR) is 87.4 cm³/mol. The number of nitrogens with zero attached hydrogens (tertiary/aromatic N) is 1.